The molecule has 0 saturated heterocycles. The highest BCUT2D eigenvalue weighted by molar-refractivity contribution is 5.76. The number of hydrogen-bond acceptors (Lipinski definition) is 4. The van der Waals surface area contributed by atoms with Crippen LogP contribution in [0.5, 0.6) is 17.2 Å². The number of hydrogen-bond donors (Lipinski definition) is 1. The third-order valence-corrected chi connectivity index (χ3v) is 3.04. The molecule has 0 aliphatic heterocycles. The Balaban J connectivity index is 2.18. The number of carbonyl (C=O) groups is 1. The van der Waals surface area contributed by atoms with Gasteiger partial charge >= 0.3 is 0 Å². The fourth-order valence-corrected chi connectivity index (χ4v) is 2.00. The first kappa shape index (κ1) is 15.4. The summed E-state index contributed by atoms with van der Waals surface area (Å²) in [6.45, 7) is 0. The van der Waals surface area contributed by atoms with Crippen LogP contribution in [0, 0.1) is 11.3 Å². The molecule has 5 heteroatoms. The van der Waals surface area contributed by atoms with Crippen LogP contribution in [0.1, 0.15) is 11.1 Å². The first-order valence-electron chi connectivity index (χ1n) is 6.71. The summed E-state index contributed by atoms with van der Waals surface area (Å²) < 4.78 is 11.1. The highest BCUT2D eigenvalue weighted by Crippen LogP contribution is 2.32. The molecular weight excluding hydrogens is 280 g/mol. The molecule has 1 amide bonds. The van der Waals surface area contributed by atoms with Crippen molar-refractivity contribution in [3.63, 3.8) is 0 Å². The summed E-state index contributed by atoms with van der Waals surface area (Å²) in [5.41, 5.74) is 6.88. The number of nitrogens with two attached hydrogens (primary N) is 1. The zero-order valence-electron chi connectivity index (χ0n) is 12.2. The Morgan fingerprint density at radius 1 is 1.14 bits per heavy atom. The minimum absolute atomic E-state index is 0.152. The summed E-state index contributed by atoms with van der Waals surface area (Å²) in [6, 6.07) is 14.6. The molecule has 5 nitrogen and oxygen atoms in total. The van der Waals surface area contributed by atoms with E-state index in [-0.39, 0.29) is 6.42 Å². The van der Waals surface area contributed by atoms with Crippen molar-refractivity contribution in [2.24, 2.45) is 5.73 Å². The lowest BCUT2D eigenvalue weighted by Gasteiger charge is -2.12. The van der Waals surface area contributed by atoms with Crippen LogP contribution < -0.4 is 15.2 Å². The number of rotatable bonds is 6. The van der Waals surface area contributed by atoms with Gasteiger partial charge in [-0.15, -0.1) is 0 Å². The average molecular weight is 296 g/mol. The van der Waals surface area contributed by atoms with Crippen LogP contribution in [0.2, 0.25) is 0 Å². The Labute approximate surface area is 128 Å². The second kappa shape index (κ2) is 7.14. The van der Waals surface area contributed by atoms with E-state index in [1.807, 2.05) is 12.1 Å². The Morgan fingerprint density at radius 2 is 1.82 bits per heavy atom. The molecule has 22 heavy (non-hydrogen) atoms. The summed E-state index contributed by atoms with van der Waals surface area (Å²) in [6.07, 6.45) is 0.519. The normalized spacial score (nSPS) is 9.82. The molecule has 0 saturated carbocycles. The van der Waals surface area contributed by atoms with Gasteiger partial charge in [0.05, 0.1) is 26.0 Å². The SMILES string of the molecule is COc1cc(CC(N)=O)ccc1Oc1ccc(CC#N)cc1. The summed E-state index contributed by atoms with van der Waals surface area (Å²) in [5.74, 6) is 1.31. The minimum Gasteiger partial charge on any atom is -0.493 e. The molecule has 0 heterocycles. The Kier molecular flexibility index (Phi) is 4.99. The van der Waals surface area contributed by atoms with E-state index in [0.29, 0.717) is 23.7 Å². The van der Waals surface area contributed by atoms with Crippen molar-refractivity contribution >= 4 is 5.91 Å². The molecule has 0 atom stereocenters. The van der Waals surface area contributed by atoms with Crippen LogP contribution in [0.15, 0.2) is 42.5 Å². The van der Waals surface area contributed by atoms with E-state index in [0.717, 1.165) is 11.1 Å². The molecule has 0 aliphatic rings. The fraction of sp³-hybridized carbons (Fsp3) is 0.176. The van der Waals surface area contributed by atoms with Crippen LogP contribution in [-0.2, 0) is 17.6 Å². The Morgan fingerprint density at radius 3 is 2.41 bits per heavy atom. The first-order chi connectivity index (χ1) is 10.6. The van der Waals surface area contributed by atoms with Crippen molar-refractivity contribution in [2.45, 2.75) is 12.8 Å². The molecule has 2 rings (SSSR count). The first-order valence-corrected chi connectivity index (χ1v) is 6.71. The van der Waals surface area contributed by atoms with E-state index in [4.69, 9.17) is 20.5 Å². The lowest BCUT2D eigenvalue weighted by molar-refractivity contribution is -0.117. The zero-order chi connectivity index (χ0) is 15.9. The van der Waals surface area contributed by atoms with Crippen molar-refractivity contribution in [3.8, 4) is 23.3 Å². The van der Waals surface area contributed by atoms with Crippen LogP contribution in [0.25, 0.3) is 0 Å². The molecule has 2 N–H and O–H groups in total. The van der Waals surface area contributed by atoms with Gasteiger partial charge in [0, 0.05) is 0 Å². The Bertz CT molecular complexity index is 703. The van der Waals surface area contributed by atoms with Gasteiger partial charge in [-0.1, -0.05) is 18.2 Å². The van der Waals surface area contributed by atoms with Crippen molar-refractivity contribution in [1.29, 1.82) is 5.26 Å². The molecule has 0 fully saturated rings. The monoisotopic (exact) mass is 296 g/mol. The highest BCUT2D eigenvalue weighted by atomic mass is 16.5. The largest absolute Gasteiger partial charge is 0.493 e. The van der Waals surface area contributed by atoms with Gasteiger partial charge in [0.2, 0.25) is 5.91 Å². The van der Waals surface area contributed by atoms with Crippen LogP contribution >= 0.6 is 0 Å². The van der Waals surface area contributed by atoms with E-state index in [9.17, 15) is 4.79 Å². The van der Waals surface area contributed by atoms with E-state index >= 15 is 0 Å². The van der Waals surface area contributed by atoms with Crippen molar-refractivity contribution in [2.75, 3.05) is 7.11 Å². The fourth-order valence-electron chi connectivity index (χ4n) is 2.00. The van der Waals surface area contributed by atoms with Gasteiger partial charge in [-0.05, 0) is 35.4 Å². The van der Waals surface area contributed by atoms with Crippen LogP contribution in [0.3, 0.4) is 0 Å². The second-order valence-electron chi connectivity index (χ2n) is 4.71. The predicted molar refractivity (Wildman–Crippen MR) is 81.7 cm³/mol. The lowest BCUT2D eigenvalue weighted by atomic mass is 10.1. The van der Waals surface area contributed by atoms with E-state index in [1.165, 1.54) is 7.11 Å². The zero-order valence-corrected chi connectivity index (χ0v) is 12.2. The molecule has 0 aliphatic carbocycles. The molecule has 0 aromatic heterocycles. The number of nitrogens with zero attached hydrogens (tertiary/aromatic N) is 1. The molecule has 0 radical (unpaired) electrons. The van der Waals surface area contributed by atoms with E-state index < -0.39 is 5.91 Å². The van der Waals surface area contributed by atoms with Crippen molar-refractivity contribution < 1.29 is 14.3 Å². The number of benzene rings is 2. The second-order valence-corrected chi connectivity index (χ2v) is 4.71. The molecule has 0 spiro atoms. The number of methoxy groups -OCH3 is 1. The van der Waals surface area contributed by atoms with Crippen LogP contribution in [-0.4, -0.2) is 13.0 Å². The number of carbonyl (C=O) groups excluding carboxylic acids is 1. The predicted octanol–water partition coefficient (Wildman–Crippen LogP) is 2.58. The number of amides is 1. The smallest absolute Gasteiger partial charge is 0.221 e. The summed E-state index contributed by atoms with van der Waals surface area (Å²) in [4.78, 5) is 11.0. The topological polar surface area (TPSA) is 85.3 Å². The van der Waals surface area contributed by atoms with Gasteiger partial charge in [0.15, 0.2) is 11.5 Å². The van der Waals surface area contributed by atoms with Gasteiger partial charge in [-0.25, -0.2) is 0 Å². The van der Waals surface area contributed by atoms with Crippen molar-refractivity contribution in [1.82, 2.24) is 0 Å². The van der Waals surface area contributed by atoms with E-state index in [1.54, 1.807) is 30.3 Å². The standard InChI is InChI=1S/C17H16N2O3/c1-21-16-10-13(11-17(19)20)4-7-15(16)22-14-5-2-12(3-6-14)8-9-18/h2-7,10H,8,11H2,1H3,(H2,19,20). The van der Waals surface area contributed by atoms with Gasteiger partial charge in [-0.2, -0.15) is 5.26 Å². The molecule has 112 valence electrons. The number of nitriles is 1. The van der Waals surface area contributed by atoms with Crippen molar-refractivity contribution in [3.05, 3.63) is 53.6 Å². The molecule has 0 bridgehead atoms. The number of primary amides is 1. The maximum Gasteiger partial charge on any atom is 0.221 e. The summed E-state index contributed by atoms with van der Waals surface area (Å²) in [7, 11) is 1.53. The molecule has 2 aromatic carbocycles. The third-order valence-electron chi connectivity index (χ3n) is 3.04. The van der Waals surface area contributed by atoms with Gasteiger partial charge in [0.1, 0.15) is 5.75 Å². The maximum atomic E-state index is 11.0. The third kappa shape index (κ3) is 4.00. The Hall–Kier alpha value is -3.00. The molecule has 0 unspecified atom stereocenters. The summed E-state index contributed by atoms with van der Waals surface area (Å²) >= 11 is 0. The minimum atomic E-state index is -0.399. The quantitative estimate of drug-likeness (QED) is 0.887. The molecule has 2 aromatic rings. The average Bonchev–Trinajstić information content (AvgIpc) is 2.50. The molecular formula is C17H16N2O3. The lowest BCUT2D eigenvalue weighted by Crippen LogP contribution is -2.13. The van der Waals surface area contributed by atoms with Gasteiger partial charge in [0.25, 0.3) is 0 Å². The highest BCUT2D eigenvalue weighted by Gasteiger charge is 2.08. The number of ether oxygens (including phenoxy) is 2. The van der Waals surface area contributed by atoms with Gasteiger partial charge < -0.3 is 15.2 Å². The van der Waals surface area contributed by atoms with E-state index in [2.05, 4.69) is 6.07 Å². The van der Waals surface area contributed by atoms with Crippen LogP contribution in [0.4, 0.5) is 0 Å². The summed E-state index contributed by atoms with van der Waals surface area (Å²) in [5, 5.41) is 8.65. The van der Waals surface area contributed by atoms with Gasteiger partial charge in [-0.3, -0.25) is 4.79 Å². The maximum absolute atomic E-state index is 11.0.